The van der Waals surface area contributed by atoms with Crippen molar-refractivity contribution in [1.82, 2.24) is 4.57 Å². The second-order valence-electron chi connectivity index (χ2n) is 5.19. The Kier molecular flexibility index (Phi) is 4.69. The van der Waals surface area contributed by atoms with Gasteiger partial charge in [0.15, 0.2) is 6.29 Å². The lowest BCUT2D eigenvalue weighted by molar-refractivity contribution is -0.105. The highest BCUT2D eigenvalue weighted by molar-refractivity contribution is 7.17. The second kappa shape index (κ2) is 6.75. The van der Waals surface area contributed by atoms with Gasteiger partial charge in [-0.2, -0.15) is 0 Å². The molecule has 0 aromatic carbocycles. The molecule has 0 N–H and O–H groups in total. The summed E-state index contributed by atoms with van der Waals surface area (Å²) in [6.45, 7) is 1.98. The number of hydrogen-bond donors (Lipinski definition) is 0. The molecule has 0 radical (unpaired) electrons. The molecular weight excluding hydrogens is 350 g/mol. The molecule has 0 saturated heterocycles. The van der Waals surface area contributed by atoms with E-state index in [1.54, 1.807) is 29.8 Å². The van der Waals surface area contributed by atoms with Crippen molar-refractivity contribution in [2.45, 2.75) is 19.8 Å². The lowest BCUT2D eigenvalue weighted by atomic mass is 9.95. The smallest absolute Gasteiger partial charge is 0.341 e. The van der Waals surface area contributed by atoms with Crippen LogP contribution in [0.3, 0.4) is 0 Å². The predicted molar refractivity (Wildman–Crippen MR) is 92.1 cm³/mol. The number of esters is 1. The molecule has 7 heteroatoms. The molecule has 1 aliphatic carbocycles. The summed E-state index contributed by atoms with van der Waals surface area (Å²) in [6, 6.07) is 3.39. The number of fused-ring (bicyclic) bond motifs is 1. The minimum atomic E-state index is -0.449. The fourth-order valence-corrected chi connectivity index (χ4v) is 4.44. The maximum atomic E-state index is 12.5. The van der Waals surface area contributed by atoms with Crippen LogP contribution >= 0.6 is 22.9 Å². The molecule has 0 amide bonds. The van der Waals surface area contributed by atoms with Crippen LogP contribution < -0.4 is 0 Å². The highest BCUT2D eigenvalue weighted by Gasteiger charge is 2.30. The largest absolute Gasteiger partial charge is 0.462 e. The van der Waals surface area contributed by atoms with Crippen LogP contribution in [0.5, 0.6) is 0 Å². The Morgan fingerprint density at radius 1 is 1.38 bits per heavy atom. The average Bonchev–Trinajstić information content (AvgIpc) is 3.19. The van der Waals surface area contributed by atoms with Gasteiger partial charge in [-0.25, -0.2) is 4.79 Å². The van der Waals surface area contributed by atoms with Crippen LogP contribution in [0, 0.1) is 0 Å². The standard InChI is InChI=1S/C17H14ClNO4S/c1-2-23-17(22)13-12-6-5-10(8-20)14(18)15(12)24-16(13)19-7-3-4-11(19)9-21/h3-4,7-9H,2,5-6H2,1H3. The Bertz CT molecular complexity index is 862. The number of aldehydes is 2. The van der Waals surface area contributed by atoms with Gasteiger partial charge in [0, 0.05) is 11.8 Å². The highest BCUT2D eigenvalue weighted by atomic mass is 35.5. The molecule has 0 spiro atoms. The molecule has 3 rings (SSSR count). The van der Waals surface area contributed by atoms with E-state index in [9.17, 15) is 14.4 Å². The van der Waals surface area contributed by atoms with Crippen molar-refractivity contribution in [1.29, 1.82) is 0 Å². The van der Waals surface area contributed by atoms with Gasteiger partial charge in [0.2, 0.25) is 0 Å². The number of thiophene rings is 1. The van der Waals surface area contributed by atoms with Crippen molar-refractivity contribution >= 4 is 46.5 Å². The summed E-state index contributed by atoms with van der Waals surface area (Å²) < 4.78 is 6.84. The van der Waals surface area contributed by atoms with E-state index in [0.717, 1.165) is 18.1 Å². The number of carbonyl (C=O) groups excluding carboxylic acids is 3. The van der Waals surface area contributed by atoms with Crippen LogP contribution in [0.2, 0.25) is 0 Å². The summed E-state index contributed by atoms with van der Waals surface area (Å²) in [4.78, 5) is 35.6. The quantitative estimate of drug-likeness (QED) is 0.601. The molecule has 0 bridgehead atoms. The van der Waals surface area contributed by atoms with Crippen molar-refractivity contribution in [3.63, 3.8) is 0 Å². The predicted octanol–water partition coefficient (Wildman–Crippen LogP) is 3.62. The molecule has 0 aliphatic heterocycles. The van der Waals surface area contributed by atoms with Crippen molar-refractivity contribution in [3.8, 4) is 5.00 Å². The van der Waals surface area contributed by atoms with E-state index in [0.29, 0.717) is 44.6 Å². The first-order valence-corrected chi connectivity index (χ1v) is 8.61. The van der Waals surface area contributed by atoms with Gasteiger partial charge in [-0.05, 0) is 37.5 Å². The third kappa shape index (κ3) is 2.61. The zero-order chi connectivity index (χ0) is 17.3. The van der Waals surface area contributed by atoms with Crippen LogP contribution in [0.1, 0.15) is 44.6 Å². The maximum Gasteiger partial charge on any atom is 0.341 e. The number of nitrogens with zero attached hydrogens (tertiary/aromatic N) is 1. The number of aromatic nitrogens is 1. The van der Waals surface area contributed by atoms with Gasteiger partial charge in [-0.15, -0.1) is 11.3 Å². The van der Waals surface area contributed by atoms with Crippen molar-refractivity contribution in [2.24, 2.45) is 0 Å². The van der Waals surface area contributed by atoms with Gasteiger partial charge in [-0.1, -0.05) is 11.6 Å². The minimum absolute atomic E-state index is 0.248. The zero-order valence-corrected chi connectivity index (χ0v) is 14.4. The Labute approximate surface area is 147 Å². The summed E-state index contributed by atoms with van der Waals surface area (Å²) in [5.74, 6) is -0.449. The zero-order valence-electron chi connectivity index (χ0n) is 12.9. The highest BCUT2D eigenvalue weighted by Crippen LogP contribution is 2.43. The summed E-state index contributed by atoms with van der Waals surface area (Å²) in [6.07, 6.45) is 4.19. The lowest BCUT2D eigenvalue weighted by Crippen LogP contribution is -2.12. The third-order valence-corrected chi connectivity index (χ3v) is 5.65. The first kappa shape index (κ1) is 16.7. The Balaban J connectivity index is 2.26. The molecule has 24 heavy (non-hydrogen) atoms. The fraction of sp³-hybridized carbons (Fsp3) is 0.235. The molecule has 124 valence electrons. The number of halogens is 1. The number of carbonyl (C=O) groups is 3. The van der Waals surface area contributed by atoms with Crippen LogP contribution in [0.15, 0.2) is 23.9 Å². The van der Waals surface area contributed by atoms with E-state index < -0.39 is 5.97 Å². The van der Waals surface area contributed by atoms with Crippen molar-refractivity contribution in [3.05, 3.63) is 45.6 Å². The maximum absolute atomic E-state index is 12.5. The molecule has 2 aromatic rings. The van der Waals surface area contributed by atoms with Crippen LogP contribution in [-0.4, -0.2) is 29.7 Å². The number of hydrogen-bond acceptors (Lipinski definition) is 5. The van der Waals surface area contributed by atoms with E-state index in [4.69, 9.17) is 16.3 Å². The number of allylic oxidation sites excluding steroid dienone is 1. The first-order valence-electron chi connectivity index (χ1n) is 7.42. The summed E-state index contributed by atoms with van der Waals surface area (Å²) in [7, 11) is 0. The van der Waals surface area contributed by atoms with Crippen LogP contribution in [0.4, 0.5) is 0 Å². The molecule has 1 aliphatic rings. The summed E-state index contributed by atoms with van der Waals surface area (Å²) in [5.41, 5.74) is 2.14. The Hall–Kier alpha value is -2.18. The van der Waals surface area contributed by atoms with E-state index in [2.05, 4.69) is 0 Å². The molecule has 2 heterocycles. The third-order valence-electron chi connectivity index (χ3n) is 3.86. The number of rotatable bonds is 5. The van der Waals surface area contributed by atoms with Gasteiger partial charge in [0.1, 0.15) is 11.3 Å². The van der Waals surface area contributed by atoms with E-state index in [1.807, 2.05) is 0 Å². The van der Waals surface area contributed by atoms with Gasteiger partial charge < -0.3 is 9.30 Å². The van der Waals surface area contributed by atoms with Gasteiger partial charge >= 0.3 is 5.97 Å². The minimum Gasteiger partial charge on any atom is -0.462 e. The summed E-state index contributed by atoms with van der Waals surface area (Å²) >= 11 is 7.63. The molecule has 0 atom stereocenters. The van der Waals surface area contributed by atoms with Gasteiger partial charge in [-0.3, -0.25) is 9.59 Å². The van der Waals surface area contributed by atoms with Gasteiger partial charge in [0.25, 0.3) is 0 Å². The molecular formula is C17H14ClNO4S. The Morgan fingerprint density at radius 2 is 2.17 bits per heavy atom. The number of ether oxygens (including phenoxy) is 1. The Morgan fingerprint density at radius 3 is 2.83 bits per heavy atom. The van der Waals surface area contributed by atoms with E-state index in [1.165, 1.54) is 11.3 Å². The van der Waals surface area contributed by atoms with E-state index >= 15 is 0 Å². The molecule has 2 aromatic heterocycles. The summed E-state index contributed by atoms with van der Waals surface area (Å²) in [5, 5.41) is 0.948. The van der Waals surface area contributed by atoms with Crippen molar-refractivity contribution < 1.29 is 19.1 Å². The monoisotopic (exact) mass is 363 g/mol. The molecule has 0 fully saturated rings. The molecule has 0 saturated carbocycles. The lowest BCUT2D eigenvalue weighted by Gasteiger charge is -2.14. The fourth-order valence-electron chi connectivity index (χ4n) is 2.75. The van der Waals surface area contributed by atoms with Crippen molar-refractivity contribution in [2.75, 3.05) is 6.61 Å². The molecule has 0 unspecified atom stereocenters. The van der Waals surface area contributed by atoms with Gasteiger partial charge in [0.05, 0.1) is 27.8 Å². The topological polar surface area (TPSA) is 65.4 Å². The van der Waals surface area contributed by atoms with Crippen LogP contribution in [-0.2, 0) is 16.0 Å². The molecule has 5 nitrogen and oxygen atoms in total. The van der Waals surface area contributed by atoms with Crippen LogP contribution in [0.25, 0.3) is 10.0 Å². The van der Waals surface area contributed by atoms with E-state index in [-0.39, 0.29) is 6.61 Å². The normalized spacial score (nSPS) is 13.6. The first-order chi connectivity index (χ1) is 11.6. The SMILES string of the molecule is CCOC(=O)c1c(-n2cccc2C=O)sc2c1CCC(C=O)=C2Cl. The average molecular weight is 364 g/mol. The second-order valence-corrected chi connectivity index (χ2v) is 6.57.